The van der Waals surface area contributed by atoms with Gasteiger partial charge in [0.1, 0.15) is 0 Å². The van der Waals surface area contributed by atoms with E-state index in [2.05, 4.69) is 5.38 Å². The van der Waals surface area contributed by atoms with Crippen LogP contribution >= 0.6 is 22.7 Å². The summed E-state index contributed by atoms with van der Waals surface area (Å²) in [6, 6.07) is 1.91. The summed E-state index contributed by atoms with van der Waals surface area (Å²) >= 11 is 3.25. The Labute approximate surface area is 77.3 Å². The lowest BCUT2D eigenvalue weighted by atomic mass is 10.2. The standard InChI is InChI=1S/C9H4OS2/c10-8-5-1-2-12-9(5)7-4-11-3-6(7)8/h1-4H. The van der Waals surface area contributed by atoms with Gasteiger partial charge in [0.05, 0.1) is 0 Å². The van der Waals surface area contributed by atoms with E-state index in [-0.39, 0.29) is 5.78 Å². The lowest BCUT2D eigenvalue weighted by Crippen LogP contribution is -1.90. The van der Waals surface area contributed by atoms with Gasteiger partial charge in [0.15, 0.2) is 5.78 Å². The smallest absolute Gasteiger partial charge is 0.195 e. The zero-order valence-electron chi connectivity index (χ0n) is 6.03. The van der Waals surface area contributed by atoms with Gasteiger partial charge in [0, 0.05) is 32.3 Å². The fraction of sp³-hybridized carbons (Fsp3) is 0. The van der Waals surface area contributed by atoms with Gasteiger partial charge in [-0.3, -0.25) is 4.79 Å². The van der Waals surface area contributed by atoms with Crippen LogP contribution < -0.4 is 0 Å². The highest BCUT2D eigenvalue weighted by atomic mass is 32.1. The molecule has 58 valence electrons. The van der Waals surface area contributed by atoms with Crippen LogP contribution in [0.2, 0.25) is 0 Å². The van der Waals surface area contributed by atoms with Gasteiger partial charge in [0.2, 0.25) is 0 Å². The molecule has 0 saturated carbocycles. The molecule has 12 heavy (non-hydrogen) atoms. The number of carbonyl (C=O) groups is 1. The summed E-state index contributed by atoms with van der Waals surface area (Å²) in [5.74, 6) is 0.197. The van der Waals surface area contributed by atoms with E-state index in [0.29, 0.717) is 0 Å². The molecule has 0 spiro atoms. The van der Waals surface area contributed by atoms with Crippen LogP contribution in [0.5, 0.6) is 0 Å². The van der Waals surface area contributed by atoms with Crippen LogP contribution in [0.3, 0.4) is 0 Å². The van der Waals surface area contributed by atoms with E-state index >= 15 is 0 Å². The highest BCUT2D eigenvalue weighted by molar-refractivity contribution is 7.15. The summed E-state index contributed by atoms with van der Waals surface area (Å²) in [6.07, 6.45) is 0. The monoisotopic (exact) mass is 192 g/mol. The second-order valence-corrected chi connectivity index (χ2v) is 4.35. The zero-order chi connectivity index (χ0) is 8.13. The van der Waals surface area contributed by atoms with E-state index in [1.54, 1.807) is 22.7 Å². The Morgan fingerprint density at radius 2 is 1.92 bits per heavy atom. The van der Waals surface area contributed by atoms with E-state index in [0.717, 1.165) is 21.6 Å². The third kappa shape index (κ3) is 0.612. The molecule has 2 aromatic rings. The molecule has 0 bridgehead atoms. The lowest BCUT2D eigenvalue weighted by Gasteiger charge is -1.83. The maximum Gasteiger partial charge on any atom is 0.195 e. The third-order valence-corrected chi connectivity index (χ3v) is 3.75. The van der Waals surface area contributed by atoms with Gasteiger partial charge < -0.3 is 0 Å². The highest BCUT2D eigenvalue weighted by Gasteiger charge is 2.27. The predicted octanol–water partition coefficient (Wildman–Crippen LogP) is 3.02. The molecule has 2 heterocycles. The Balaban J connectivity index is 2.47. The first kappa shape index (κ1) is 6.57. The largest absolute Gasteiger partial charge is 0.289 e. The van der Waals surface area contributed by atoms with Crippen molar-refractivity contribution in [3.8, 4) is 10.4 Å². The number of fused-ring (bicyclic) bond motifs is 3. The van der Waals surface area contributed by atoms with Crippen LogP contribution in [-0.4, -0.2) is 5.78 Å². The zero-order valence-corrected chi connectivity index (χ0v) is 7.67. The molecule has 0 unspecified atom stereocenters. The minimum atomic E-state index is 0.197. The fourth-order valence-electron chi connectivity index (χ4n) is 1.49. The maximum atomic E-state index is 11.6. The molecule has 1 aliphatic rings. The molecule has 0 saturated heterocycles. The molecule has 3 rings (SSSR count). The van der Waals surface area contributed by atoms with Crippen LogP contribution in [0.4, 0.5) is 0 Å². The fourth-order valence-corrected chi connectivity index (χ4v) is 3.31. The quantitative estimate of drug-likeness (QED) is 0.535. The molecule has 0 atom stereocenters. The molecule has 0 amide bonds. The van der Waals surface area contributed by atoms with Crippen LogP contribution in [-0.2, 0) is 0 Å². The Hall–Kier alpha value is -0.930. The number of ketones is 1. The topological polar surface area (TPSA) is 17.1 Å². The number of thiophene rings is 2. The van der Waals surface area contributed by atoms with Gasteiger partial charge >= 0.3 is 0 Å². The number of hydrogen-bond donors (Lipinski definition) is 0. The lowest BCUT2D eigenvalue weighted by molar-refractivity contribution is 0.104. The minimum absolute atomic E-state index is 0.197. The van der Waals surface area contributed by atoms with E-state index in [4.69, 9.17) is 0 Å². The molecule has 1 aliphatic carbocycles. The molecular formula is C9H4OS2. The Morgan fingerprint density at radius 1 is 1.08 bits per heavy atom. The van der Waals surface area contributed by atoms with Crippen molar-refractivity contribution >= 4 is 28.5 Å². The number of hydrogen-bond acceptors (Lipinski definition) is 3. The summed E-state index contributed by atoms with van der Waals surface area (Å²) in [5, 5.41) is 5.96. The normalized spacial score (nSPS) is 13.2. The minimum Gasteiger partial charge on any atom is -0.289 e. The molecule has 0 aromatic carbocycles. The predicted molar refractivity (Wildman–Crippen MR) is 51.1 cm³/mol. The Morgan fingerprint density at radius 3 is 2.83 bits per heavy atom. The van der Waals surface area contributed by atoms with E-state index in [1.807, 2.05) is 16.8 Å². The van der Waals surface area contributed by atoms with Crippen molar-refractivity contribution < 1.29 is 4.79 Å². The van der Waals surface area contributed by atoms with Crippen molar-refractivity contribution in [3.63, 3.8) is 0 Å². The van der Waals surface area contributed by atoms with Gasteiger partial charge in [-0.2, -0.15) is 11.3 Å². The van der Waals surface area contributed by atoms with E-state index in [1.165, 1.54) is 0 Å². The van der Waals surface area contributed by atoms with Crippen LogP contribution in [0, 0.1) is 0 Å². The summed E-state index contributed by atoms with van der Waals surface area (Å²) in [6.45, 7) is 0. The Kier molecular flexibility index (Phi) is 1.13. The van der Waals surface area contributed by atoms with Gasteiger partial charge in [-0.05, 0) is 11.4 Å². The van der Waals surface area contributed by atoms with Crippen LogP contribution in [0.25, 0.3) is 10.4 Å². The number of carbonyl (C=O) groups excluding carboxylic acids is 1. The highest BCUT2D eigenvalue weighted by Crippen LogP contribution is 2.41. The van der Waals surface area contributed by atoms with Crippen molar-refractivity contribution in [1.29, 1.82) is 0 Å². The maximum absolute atomic E-state index is 11.6. The van der Waals surface area contributed by atoms with E-state index < -0.39 is 0 Å². The number of rotatable bonds is 0. The first-order valence-corrected chi connectivity index (χ1v) is 5.39. The molecule has 1 nitrogen and oxygen atoms in total. The van der Waals surface area contributed by atoms with Crippen molar-refractivity contribution in [2.45, 2.75) is 0 Å². The molecule has 0 radical (unpaired) electrons. The first-order chi connectivity index (χ1) is 5.88. The van der Waals surface area contributed by atoms with Gasteiger partial charge in [0.25, 0.3) is 0 Å². The average Bonchev–Trinajstić information content (AvgIpc) is 2.72. The summed E-state index contributed by atoms with van der Waals surface area (Å²) in [5.41, 5.74) is 2.91. The summed E-state index contributed by atoms with van der Waals surface area (Å²) in [4.78, 5) is 12.8. The molecule has 2 aromatic heterocycles. The van der Waals surface area contributed by atoms with Crippen LogP contribution in [0.15, 0.2) is 22.2 Å². The molecule has 0 aliphatic heterocycles. The van der Waals surface area contributed by atoms with Gasteiger partial charge in [-0.1, -0.05) is 0 Å². The van der Waals surface area contributed by atoms with Crippen molar-refractivity contribution in [3.05, 3.63) is 33.3 Å². The van der Waals surface area contributed by atoms with Gasteiger partial charge in [-0.15, -0.1) is 11.3 Å². The molecular weight excluding hydrogens is 188 g/mol. The summed E-state index contributed by atoms with van der Waals surface area (Å²) in [7, 11) is 0. The second kappa shape index (κ2) is 2.06. The second-order valence-electron chi connectivity index (χ2n) is 2.69. The molecule has 0 fully saturated rings. The van der Waals surface area contributed by atoms with E-state index in [9.17, 15) is 4.79 Å². The van der Waals surface area contributed by atoms with Crippen molar-refractivity contribution in [2.75, 3.05) is 0 Å². The van der Waals surface area contributed by atoms with Crippen LogP contribution in [0.1, 0.15) is 15.9 Å². The van der Waals surface area contributed by atoms with Crippen molar-refractivity contribution in [1.82, 2.24) is 0 Å². The SMILES string of the molecule is O=C1c2cscc2-c2sccc21. The van der Waals surface area contributed by atoms with Gasteiger partial charge in [-0.25, -0.2) is 0 Å². The average molecular weight is 192 g/mol. The molecule has 0 N–H and O–H groups in total. The third-order valence-electron chi connectivity index (χ3n) is 2.06. The summed E-state index contributed by atoms with van der Waals surface area (Å²) < 4.78 is 0. The van der Waals surface area contributed by atoms with Crippen molar-refractivity contribution in [2.24, 2.45) is 0 Å². The molecule has 3 heteroatoms. The first-order valence-electron chi connectivity index (χ1n) is 3.56. The Bertz CT molecular complexity index is 422.